The fraction of sp³-hybridized carbons (Fsp3) is 0. The van der Waals surface area contributed by atoms with Gasteiger partial charge in [-0.1, -0.05) is 54.1 Å². The summed E-state index contributed by atoms with van der Waals surface area (Å²) in [4.78, 5) is 4.59. The average molecular weight is 266 g/mol. The summed E-state index contributed by atoms with van der Waals surface area (Å²) in [5.74, 6) is 0. The van der Waals surface area contributed by atoms with Crippen molar-refractivity contribution in [2.24, 2.45) is 0 Å². The van der Waals surface area contributed by atoms with Gasteiger partial charge in [0.2, 0.25) is 0 Å². The molecule has 0 atom stereocenters. The molecule has 0 aliphatic heterocycles. The summed E-state index contributed by atoms with van der Waals surface area (Å²) < 4.78 is 0. The SMILES string of the molecule is Clc1ccc(/C=C\c2ccc3ccccc3n2)cc1. The lowest BCUT2D eigenvalue weighted by Crippen LogP contribution is -1.82. The predicted molar refractivity (Wildman–Crippen MR) is 82.1 cm³/mol. The summed E-state index contributed by atoms with van der Waals surface area (Å²) in [6.45, 7) is 0. The van der Waals surface area contributed by atoms with Gasteiger partial charge in [0, 0.05) is 10.4 Å². The van der Waals surface area contributed by atoms with Crippen LogP contribution in [0.5, 0.6) is 0 Å². The molecule has 19 heavy (non-hydrogen) atoms. The second kappa shape index (κ2) is 5.25. The third kappa shape index (κ3) is 2.83. The number of benzene rings is 2. The monoisotopic (exact) mass is 265 g/mol. The maximum atomic E-state index is 5.86. The van der Waals surface area contributed by atoms with Crippen LogP contribution in [0.15, 0.2) is 60.7 Å². The zero-order valence-electron chi connectivity index (χ0n) is 10.3. The van der Waals surface area contributed by atoms with Crippen molar-refractivity contribution in [1.29, 1.82) is 0 Å². The fourth-order valence-electron chi connectivity index (χ4n) is 1.93. The number of hydrogen-bond donors (Lipinski definition) is 0. The second-order valence-corrected chi connectivity index (χ2v) is 4.75. The Balaban J connectivity index is 1.90. The number of pyridine rings is 1. The molecule has 0 unspecified atom stereocenters. The highest BCUT2D eigenvalue weighted by Gasteiger charge is 1.94. The molecule has 0 amide bonds. The smallest absolute Gasteiger partial charge is 0.0709 e. The lowest BCUT2D eigenvalue weighted by Gasteiger charge is -1.98. The Hall–Kier alpha value is -2.12. The first-order chi connectivity index (χ1) is 9.31. The van der Waals surface area contributed by atoms with Crippen molar-refractivity contribution in [3.8, 4) is 0 Å². The molecular weight excluding hydrogens is 254 g/mol. The van der Waals surface area contributed by atoms with Crippen molar-refractivity contribution < 1.29 is 0 Å². The van der Waals surface area contributed by atoms with Gasteiger partial charge in [-0.2, -0.15) is 0 Å². The zero-order valence-corrected chi connectivity index (χ0v) is 11.0. The van der Waals surface area contributed by atoms with Gasteiger partial charge in [0.15, 0.2) is 0 Å². The van der Waals surface area contributed by atoms with E-state index < -0.39 is 0 Å². The molecule has 0 N–H and O–H groups in total. The highest BCUT2D eigenvalue weighted by atomic mass is 35.5. The standard InChI is InChI=1S/C17H12ClN/c18-15-9-5-13(6-10-15)7-11-16-12-8-14-3-1-2-4-17(14)19-16/h1-12H/b11-7-. The Labute approximate surface area is 117 Å². The zero-order chi connectivity index (χ0) is 13.1. The first kappa shape index (κ1) is 11.9. The summed E-state index contributed by atoms with van der Waals surface area (Å²) in [6.07, 6.45) is 4.04. The van der Waals surface area contributed by atoms with Crippen LogP contribution in [0.25, 0.3) is 23.1 Å². The Kier molecular flexibility index (Phi) is 3.30. The first-order valence-electron chi connectivity index (χ1n) is 6.11. The van der Waals surface area contributed by atoms with Gasteiger partial charge < -0.3 is 0 Å². The Morgan fingerprint density at radius 1 is 0.789 bits per heavy atom. The van der Waals surface area contributed by atoms with E-state index >= 15 is 0 Å². The van der Waals surface area contributed by atoms with Gasteiger partial charge in [0.25, 0.3) is 0 Å². The van der Waals surface area contributed by atoms with E-state index in [1.54, 1.807) is 0 Å². The molecule has 0 saturated heterocycles. The van der Waals surface area contributed by atoms with Crippen molar-refractivity contribution in [1.82, 2.24) is 4.98 Å². The number of nitrogens with zero attached hydrogens (tertiary/aromatic N) is 1. The van der Waals surface area contributed by atoms with E-state index in [2.05, 4.69) is 17.1 Å². The van der Waals surface area contributed by atoms with Gasteiger partial charge in [-0.15, -0.1) is 0 Å². The molecule has 0 bridgehead atoms. The molecule has 3 aromatic rings. The van der Waals surface area contributed by atoms with Gasteiger partial charge >= 0.3 is 0 Å². The molecular formula is C17H12ClN. The summed E-state index contributed by atoms with van der Waals surface area (Å²) >= 11 is 5.86. The number of halogens is 1. The van der Waals surface area contributed by atoms with Crippen molar-refractivity contribution in [2.45, 2.75) is 0 Å². The number of aromatic nitrogens is 1. The third-order valence-electron chi connectivity index (χ3n) is 2.94. The summed E-state index contributed by atoms with van der Waals surface area (Å²) in [5, 5.41) is 1.91. The summed E-state index contributed by atoms with van der Waals surface area (Å²) in [6, 6.07) is 20.0. The van der Waals surface area contributed by atoms with Gasteiger partial charge in [-0.05, 0) is 35.9 Å². The molecule has 0 radical (unpaired) electrons. The minimum Gasteiger partial charge on any atom is -0.248 e. The van der Waals surface area contributed by atoms with Crippen molar-refractivity contribution in [3.05, 3.63) is 76.9 Å². The summed E-state index contributed by atoms with van der Waals surface area (Å²) in [7, 11) is 0. The predicted octanol–water partition coefficient (Wildman–Crippen LogP) is 5.06. The third-order valence-corrected chi connectivity index (χ3v) is 3.19. The highest BCUT2D eigenvalue weighted by molar-refractivity contribution is 6.30. The second-order valence-electron chi connectivity index (χ2n) is 4.31. The van der Waals surface area contributed by atoms with Crippen molar-refractivity contribution >= 4 is 34.7 Å². The Morgan fingerprint density at radius 3 is 2.42 bits per heavy atom. The lowest BCUT2D eigenvalue weighted by atomic mass is 10.1. The van der Waals surface area contributed by atoms with Gasteiger partial charge in [0.05, 0.1) is 11.2 Å². The van der Waals surface area contributed by atoms with Crippen LogP contribution >= 0.6 is 11.6 Å². The van der Waals surface area contributed by atoms with Crippen molar-refractivity contribution in [2.75, 3.05) is 0 Å². The number of rotatable bonds is 2. The van der Waals surface area contributed by atoms with Crippen LogP contribution in [0, 0.1) is 0 Å². The molecule has 3 rings (SSSR count). The van der Waals surface area contributed by atoms with Crippen LogP contribution < -0.4 is 0 Å². The van der Waals surface area contributed by atoms with Crippen LogP contribution in [-0.2, 0) is 0 Å². The van der Waals surface area contributed by atoms with Crippen LogP contribution in [0.2, 0.25) is 5.02 Å². The summed E-state index contributed by atoms with van der Waals surface area (Å²) in [5.41, 5.74) is 3.08. The molecule has 2 heteroatoms. The van der Waals surface area contributed by atoms with Gasteiger partial charge in [-0.25, -0.2) is 4.98 Å². The van der Waals surface area contributed by atoms with Crippen LogP contribution in [0.1, 0.15) is 11.3 Å². The van der Waals surface area contributed by atoms with E-state index in [1.807, 2.05) is 60.7 Å². The minimum atomic E-state index is 0.751. The molecule has 1 nitrogen and oxygen atoms in total. The maximum Gasteiger partial charge on any atom is 0.0709 e. The molecule has 0 fully saturated rings. The van der Waals surface area contributed by atoms with E-state index in [-0.39, 0.29) is 0 Å². The Bertz CT molecular complexity index is 730. The topological polar surface area (TPSA) is 12.9 Å². The van der Waals surface area contributed by atoms with Crippen LogP contribution in [0.3, 0.4) is 0 Å². The van der Waals surface area contributed by atoms with Crippen LogP contribution in [0.4, 0.5) is 0 Å². The molecule has 2 aromatic carbocycles. The van der Waals surface area contributed by atoms with Crippen molar-refractivity contribution in [3.63, 3.8) is 0 Å². The van der Waals surface area contributed by atoms with Crippen LogP contribution in [-0.4, -0.2) is 4.98 Å². The van der Waals surface area contributed by atoms with E-state index in [1.165, 1.54) is 0 Å². The molecule has 0 spiro atoms. The largest absolute Gasteiger partial charge is 0.248 e. The number of para-hydroxylation sites is 1. The normalized spacial score (nSPS) is 11.2. The van der Waals surface area contributed by atoms with Gasteiger partial charge in [0.1, 0.15) is 0 Å². The van der Waals surface area contributed by atoms with E-state index in [0.29, 0.717) is 0 Å². The maximum absolute atomic E-state index is 5.86. The number of hydrogen-bond acceptors (Lipinski definition) is 1. The first-order valence-corrected chi connectivity index (χ1v) is 6.48. The van der Waals surface area contributed by atoms with Gasteiger partial charge in [-0.3, -0.25) is 0 Å². The molecule has 0 aliphatic carbocycles. The molecule has 0 aliphatic rings. The average Bonchev–Trinajstić information content (AvgIpc) is 2.46. The highest BCUT2D eigenvalue weighted by Crippen LogP contribution is 2.15. The lowest BCUT2D eigenvalue weighted by molar-refractivity contribution is 1.37. The van der Waals surface area contributed by atoms with E-state index in [4.69, 9.17) is 11.6 Å². The molecule has 0 saturated carbocycles. The molecule has 1 heterocycles. The Morgan fingerprint density at radius 2 is 1.58 bits per heavy atom. The fourth-order valence-corrected chi connectivity index (χ4v) is 2.06. The van der Waals surface area contributed by atoms with E-state index in [9.17, 15) is 0 Å². The minimum absolute atomic E-state index is 0.751. The molecule has 1 aromatic heterocycles. The van der Waals surface area contributed by atoms with E-state index in [0.717, 1.165) is 27.2 Å². The quantitative estimate of drug-likeness (QED) is 0.631. The number of fused-ring (bicyclic) bond motifs is 1. The molecule has 92 valence electrons.